The minimum atomic E-state index is -5.42. The van der Waals surface area contributed by atoms with Gasteiger partial charge in [-0.15, -0.1) is 24.3 Å². The van der Waals surface area contributed by atoms with Gasteiger partial charge in [0.15, 0.2) is 0 Å². The van der Waals surface area contributed by atoms with Crippen molar-refractivity contribution in [1.29, 1.82) is 0 Å². The second-order valence-corrected chi connectivity index (χ2v) is 4.86. The molecule has 0 bridgehead atoms. The van der Waals surface area contributed by atoms with Gasteiger partial charge in [-0.25, -0.2) is 0 Å². The number of hydrogen-bond donors (Lipinski definition) is 1. The molecule has 1 aromatic carbocycles. The van der Waals surface area contributed by atoms with Gasteiger partial charge in [-0.2, -0.15) is 26.3 Å². The van der Waals surface area contributed by atoms with Gasteiger partial charge in [0.1, 0.15) is 5.75 Å². The van der Waals surface area contributed by atoms with Crippen molar-refractivity contribution in [3.05, 3.63) is 60.2 Å². The fraction of sp³-hybridized carbons (Fsp3) is 0.176. The minimum absolute atomic E-state index is 0. The van der Waals surface area contributed by atoms with Gasteiger partial charge in [0, 0.05) is 39.2 Å². The van der Waals surface area contributed by atoms with E-state index < -0.39 is 30.0 Å². The molecule has 29 heavy (non-hydrogen) atoms. The van der Waals surface area contributed by atoms with Crippen molar-refractivity contribution in [2.45, 2.75) is 12.4 Å². The summed E-state index contributed by atoms with van der Waals surface area (Å²) in [4.78, 5) is 13.9. The standard InChI is InChI=1S/C12H9FNO.C5H2F6O2.Pt/c1-15-9-6-7-14-12(8-9)10-4-2-3-5-11(10)13;6-4(7,8)2(12)1-3(13)5(9,10)11;/h2-3,5-8H,1H3;1,12H;/q-1;;/b;2-1-;. The summed E-state index contributed by atoms with van der Waals surface area (Å²) in [6.07, 6.45) is -10.1. The van der Waals surface area contributed by atoms with E-state index in [0.717, 1.165) is 0 Å². The quantitative estimate of drug-likeness (QED) is 0.236. The molecule has 2 aromatic rings. The Morgan fingerprint density at radius 2 is 1.79 bits per heavy atom. The van der Waals surface area contributed by atoms with E-state index in [1.165, 1.54) is 6.07 Å². The molecule has 0 unspecified atom stereocenters. The van der Waals surface area contributed by atoms with Crippen LogP contribution in [0.2, 0.25) is 0 Å². The van der Waals surface area contributed by atoms with E-state index in [1.54, 1.807) is 37.6 Å². The molecule has 162 valence electrons. The van der Waals surface area contributed by atoms with Crippen molar-refractivity contribution in [2.75, 3.05) is 7.11 Å². The molecule has 1 heterocycles. The molecular formula is C17H11F7NO3Pt-. The van der Waals surface area contributed by atoms with Gasteiger partial charge in [0.05, 0.1) is 7.11 Å². The number of ether oxygens (including phenoxy) is 1. The zero-order chi connectivity index (χ0) is 21.5. The SMILES string of the molecule is COc1ccnc(-c2[c-]cccc2F)c1.O=C(/C=C(\O)C(F)(F)F)C(F)(F)F.[Pt]. The van der Waals surface area contributed by atoms with E-state index in [4.69, 9.17) is 9.84 Å². The molecule has 0 radical (unpaired) electrons. The van der Waals surface area contributed by atoms with Crippen molar-refractivity contribution < 1.29 is 66.4 Å². The third-order valence-corrected chi connectivity index (χ3v) is 2.87. The summed E-state index contributed by atoms with van der Waals surface area (Å²) in [5.41, 5.74) is 0.879. The molecule has 0 aliphatic rings. The molecule has 4 nitrogen and oxygen atoms in total. The van der Waals surface area contributed by atoms with Crippen LogP contribution in [-0.4, -0.2) is 35.3 Å². The Balaban J connectivity index is 0.000000530. The van der Waals surface area contributed by atoms with E-state index in [9.17, 15) is 35.5 Å². The number of aliphatic hydroxyl groups is 1. The van der Waals surface area contributed by atoms with Gasteiger partial charge < -0.3 is 14.8 Å². The molecular weight excluding hydrogens is 594 g/mol. The van der Waals surface area contributed by atoms with Crippen LogP contribution in [-0.2, 0) is 25.9 Å². The van der Waals surface area contributed by atoms with Crippen LogP contribution in [0.4, 0.5) is 30.7 Å². The maximum Gasteiger partial charge on any atom is 0.454 e. The Labute approximate surface area is 174 Å². The molecule has 0 amide bonds. The van der Waals surface area contributed by atoms with Gasteiger partial charge in [-0.3, -0.25) is 9.18 Å². The molecule has 0 fully saturated rings. The number of hydrogen-bond acceptors (Lipinski definition) is 4. The molecule has 0 saturated heterocycles. The average molecular weight is 605 g/mol. The molecule has 0 saturated carbocycles. The second kappa shape index (κ2) is 10.9. The van der Waals surface area contributed by atoms with E-state index >= 15 is 0 Å². The normalized spacial score (nSPS) is 11.7. The maximum absolute atomic E-state index is 13.4. The molecule has 1 aromatic heterocycles. The number of ketones is 1. The van der Waals surface area contributed by atoms with Crippen LogP contribution in [0.25, 0.3) is 11.3 Å². The third-order valence-electron chi connectivity index (χ3n) is 2.87. The van der Waals surface area contributed by atoms with Crippen molar-refractivity contribution in [1.82, 2.24) is 4.98 Å². The molecule has 0 aliphatic heterocycles. The van der Waals surface area contributed by atoms with Crippen LogP contribution in [0.5, 0.6) is 5.75 Å². The van der Waals surface area contributed by atoms with Crippen molar-refractivity contribution in [2.24, 2.45) is 0 Å². The Morgan fingerprint density at radius 3 is 2.28 bits per heavy atom. The van der Waals surface area contributed by atoms with E-state index in [-0.39, 0.29) is 26.9 Å². The number of aromatic nitrogens is 1. The number of carbonyl (C=O) groups excluding carboxylic acids is 1. The molecule has 12 heteroatoms. The predicted octanol–water partition coefficient (Wildman–Crippen LogP) is 4.82. The van der Waals surface area contributed by atoms with Crippen LogP contribution >= 0.6 is 0 Å². The number of nitrogens with zero attached hydrogens (tertiary/aromatic N) is 1. The van der Waals surface area contributed by atoms with Crippen molar-refractivity contribution in [3.8, 4) is 17.0 Å². The largest absolute Gasteiger partial charge is 0.504 e. The fourth-order valence-electron chi connectivity index (χ4n) is 1.58. The van der Waals surface area contributed by atoms with Gasteiger partial charge in [-0.1, -0.05) is 5.56 Å². The van der Waals surface area contributed by atoms with Crippen LogP contribution in [0.15, 0.2) is 48.4 Å². The number of methoxy groups -OCH3 is 1. The minimum Gasteiger partial charge on any atom is -0.504 e. The van der Waals surface area contributed by atoms with E-state index in [2.05, 4.69) is 11.1 Å². The summed E-state index contributed by atoms with van der Waals surface area (Å²) in [5.74, 6) is -5.02. The Hall–Kier alpha value is -2.42. The summed E-state index contributed by atoms with van der Waals surface area (Å²) in [6.45, 7) is 0. The number of halogens is 7. The first-order valence-electron chi connectivity index (χ1n) is 7.12. The first-order chi connectivity index (χ1) is 12.9. The van der Waals surface area contributed by atoms with Crippen LogP contribution in [0.1, 0.15) is 0 Å². The fourth-order valence-corrected chi connectivity index (χ4v) is 1.58. The number of benzene rings is 1. The number of alkyl halides is 6. The predicted molar refractivity (Wildman–Crippen MR) is 82.8 cm³/mol. The zero-order valence-electron chi connectivity index (χ0n) is 14.2. The summed E-state index contributed by atoms with van der Waals surface area (Å²) >= 11 is 0. The first kappa shape index (κ1) is 26.6. The first-order valence-corrected chi connectivity index (χ1v) is 7.12. The molecule has 0 aliphatic carbocycles. The smallest absolute Gasteiger partial charge is 0.454 e. The average Bonchev–Trinajstić information content (AvgIpc) is 2.61. The van der Waals surface area contributed by atoms with Crippen LogP contribution in [0.3, 0.4) is 0 Å². The monoisotopic (exact) mass is 605 g/mol. The topological polar surface area (TPSA) is 59.4 Å². The van der Waals surface area contributed by atoms with Crippen LogP contribution < -0.4 is 4.74 Å². The number of carbonyl (C=O) groups is 1. The molecule has 1 N–H and O–H groups in total. The molecule has 0 atom stereocenters. The number of allylic oxidation sites excluding steroid dienone is 2. The number of aliphatic hydroxyl groups excluding tert-OH is 1. The van der Waals surface area contributed by atoms with Crippen LogP contribution in [0, 0.1) is 11.9 Å². The van der Waals surface area contributed by atoms with E-state index in [1.807, 2.05) is 0 Å². The van der Waals surface area contributed by atoms with Gasteiger partial charge in [-0.05, 0) is 17.8 Å². The Bertz CT molecular complexity index is 851. The van der Waals surface area contributed by atoms with Gasteiger partial charge >= 0.3 is 12.4 Å². The zero-order valence-corrected chi connectivity index (χ0v) is 16.5. The maximum atomic E-state index is 13.4. The van der Waals surface area contributed by atoms with Crippen molar-refractivity contribution in [3.63, 3.8) is 0 Å². The van der Waals surface area contributed by atoms with Crippen molar-refractivity contribution >= 4 is 5.78 Å². The summed E-state index contributed by atoms with van der Waals surface area (Å²) < 4.78 is 86.5. The Morgan fingerprint density at radius 1 is 1.17 bits per heavy atom. The van der Waals surface area contributed by atoms with Gasteiger partial charge in [0.25, 0.3) is 5.78 Å². The number of rotatable bonds is 3. The third kappa shape index (κ3) is 8.64. The Kier molecular flexibility index (Phi) is 10.0. The molecule has 0 spiro atoms. The second-order valence-electron chi connectivity index (χ2n) is 4.86. The number of pyridine rings is 1. The summed E-state index contributed by atoms with van der Waals surface area (Å²) in [7, 11) is 1.56. The van der Waals surface area contributed by atoms with Gasteiger partial charge in [0.2, 0.25) is 5.76 Å². The molecule has 2 rings (SSSR count). The summed E-state index contributed by atoms with van der Waals surface area (Å²) in [5, 5.41) is 7.93. The summed E-state index contributed by atoms with van der Waals surface area (Å²) in [6, 6.07) is 10.8. The van der Waals surface area contributed by atoms with E-state index in [0.29, 0.717) is 17.0 Å².